The lowest BCUT2D eigenvalue weighted by molar-refractivity contribution is 0.129. The molecule has 2 aliphatic heterocycles. The molecule has 2 aliphatic rings. The van der Waals surface area contributed by atoms with Crippen LogP contribution < -0.4 is 15.0 Å². The highest BCUT2D eigenvalue weighted by Crippen LogP contribution is 2.19. The average Bonchev–Trinajstić information content (AvgIpc) is 3.31. The number of hydrogen-bond acceptors (Lipinski definition) is 3. The van der Waals surface area contributed by atoms with Gasteiger partial charge in [-0.1, -0.05) is 42.5 Å². The largest absolute Gasteiger partial charge is 0.490 e. The standard InChI is InChI=1S/C24H30N4O/c1-25-24(26-19-20-9-11-21(12-10-20)27-15-5-6-16-27)28-17-13-23(14-18-28)29-22-7-3-2-4-8-22/h2-12,23H,13-19H2,1H3,(H,25,26). The van der Waals surface area contributed by atoms with E-state index in [1.807, 2.05) is 37.4 Å². The lowest BCUT2D eigenvalue weighted by Gasteiger charge is -2.34. The smallest absolute Gasteiger partial charge is 0.193 e. The van der Waals surface area contributed by atoms with Crippen LogP contribution in [0.3, 0.4) is 0 Å². The Morgan fingerprint density at radius 2 is 1.69 bits per heavy atom. The molecule has 1 N–H and O–H groups in total. The summed E-state index contributed by atoms with van der Waals surface area (Å²) in [6, 6.07) is 18.9. The van der Waals surface area contributed by atoms with E-state index in [9.17, 15) is 0 Å². The van der Waals surface area contributed by atoms with Crippen molar-refractivity contribution in [2.45, 2.75) is 25.5 Å². The zero-order valence-electron chi connectivity index (χ0n) is 17.1. The predicted octanol–water partition coefficient (Wildman–Crippen LogP) is 3.68. The van der Waals surface area contributed by atoms with Gasteiger partial charge in [0, 0.05) is 58.3 Å². The molecule has 29 heavy (non-hydrogen) atoms. The Hall–Kier alpha value is -2.95. The van der Waals surface area contributed by atoms with E-state index >= 15 is 0 Å². The molecule has 0 radical (unpaired) electrons. The van der Waals surface area contributed by atoms with Crippen molar-refractivity contribution in [3.8, 4) is 5.75 Å². The molecule has 1 fully saturated rings. The summed E-state index contributed by atoms with van der Waals surface area (Å²) in [5.41, 5.74) is 2.55. The highest BCUT2D eigenvalue weighted by Gasteiger charge is 2.22. The van der Waals surface area contributed by atoms with E-state index in [-0.39, 0.29) is 6.10 Å². The Balaban J connectivity index is 1.24. The van der Waals surface area contributed by atoms with Gasteiger partial charge in [-0.2, -0.15) is 0 Å². The van der Waals surface area contributed by atoms with Gasteiger partial charge in [-0.3, -0.25) is 4.99 Å². The Morgan fingerprint density at radius 1 is 1.00 bits per heavy atom. The molecule has 0 bridgehead atoms. The second-order valence-corrected chi connectivity index (χ2v) is 7.56. The highest BCUT2D eigenvalue weighted by molar-refractivity contribution is 5.80. The minimum Gasteiger partial charge on any atom is -0.490 e. The lowest BCUT2D eigenvalue weighted by Crippen LogP contribution is -2.47. The highest BCUT2D eigenvalue weighted by atomic mass is 16.5. The second-order valence-electron chi connectivity index (χ2n) is 7.56. The SMILES string of the molecule is CN=C(NCc1ccc(N2CC=CC2)cc1)N1CCC(Oc2ccccc2)CC1. The summed E-state index contributed by atoms with van der Waals surface area (Å²) in [5, 5.41) is 3.52. The van der Waals surface area contributed by atoms with Crippen molar-refractivity contribution in [1.82, 2.24) is 10.2 Å². The minimum atomic E-state index is 0.277. The summed E-state index contributed by atoms with van der Waals surface area (Å²) in [6.45, 7) is 4.71. The van der Waals surface area contributed by atoms with Gasteiger partial charge in [0.05, 0.1) is 0 Å². The van der Waals surface area contributed by atoms with Crippen LogP contribution in [-0.4, -0.2) is 50.2 Å². The number of ether oxygens (including phenoxy) is 1. The van der Waals surface area contributed by atoms with Crippen molar-refractivity contribution in [2.75, 3.05) is 38.1 Å². The van der Waals surface area contributed by atoms with E-state index < -0.39 is 0 Å². The first-order valence-corrected chi connectivity index (χ1v) is 10.5. The van der Waals surface area contributed by atoms with E-state index in [1.165, 1.54) is 11.3 Å². The van der Waals surface area contributed by atoms with Crippen LogP contribution in [0.4, 0.5) is 5.69 Å². The molecule has 2 aromatic rings. The third kappa shape index (κ3) is 5.11. The summed E-state index contributed by atoms with van der Waals surface area (Å²) < 4.78 is 6.10. The summed E-state index contributed by atoms with van der Waals surface area (Å²) >= 11 is 0. The molecule has 0 aromatic heterocycles. The van der Waals surface area contributed by atoms with Gasteiger partial charge in [-0.15, -0.1) is 0 Å². The first-order valence-electron chi connectivity index (χ1n) is 10.5. The lowest BCUT2D eigenvalue weighted by atomic mass is 10.1. The number of guanidine groups is 1. The number of nitrogens with one attached hydrogen (secondary N) is 1. The fourth-order valence-corrected chi connectivity index (χ4v) is 3.90. The molecular weight excluding hydrogens is 360 g/mol. The van der Waals surface area contributed by atoms with Crippen molar-refractivity contribution in [2.24, 2.45) is 4.99 Å². The monoisotopic (exact) mass is 390 g/mol. The van der Waals surface area contributed by atoms with Crippen LogP contribution in [0.15, 0.2) is 71.7 Å². The number of benzene rings is 2. The molecule has 1 saturated heterocycles. The van der Waals surface area contributed by atoms with Gasteiger partial charge in [0.1, 0.15) is 11.9 Å². The molecule has 0 atom stereocenters. The Kier molecular flexibility index (Phi) is 6.35. The molecule has 4 rings (SSSR count). The van der Waals surface area contributed by atoms with E-state index in [0.717, 1.165) is 57.3 Å². The van der Waals surface area contributed by atoms with E-state index in [4.69, 9.17) is 4.74 Å². The maximum atomic E-state index is 6.10. The normalized spacial score (nSPS) is 17.6. The van der Waals surface area contributed by atoms with E-state index in [1.54, 1.807) is 0 Å². The van der Waals surface area contributed by atoms with Crippen molar-refractivity contribution in [3.05, 3.63) is 72.3 Å². The van der Waals surface area contributed by atoms with E-state index in [0.29, 0.717) is 0 Å². The Morgan fingerprint density at radius 3 is 2.34 bits per heavy atom. The number of likely N-dealkylation sites (tertiary alicyclic amines) is 1. The number of aliphatic imine (C=N–C) groups is 1. The molecule has 0 unspecified atom stereocenters. The van der Waals surface area contributed by atoms with Crippen LogP contribution in [0.25, 0.3) is 0 Å². The molecular formula is C24H30N4O. The third-order valence-corrected chi connectivity index (χ3v) is 5.57. The summed E-state index contributed by atoms with van der Waals surface area (Å²) in [6.07, 6.45) is 6.72. The zero-order chi connectivity index (χ0) is 19.9. The van der Waals surface area contributed by atoms with Crippen LogP contribution in [-0.2, 0) is 6.54 Å². The summed E-state index contributed by atoms with van der Waals surface area (Å²) in [7, 11) is 1.86. The van der Waals surface area contributed by atoms with Gasteiger partial charge in [0.2, 0.25) is 0 Å². The maximum Gasteiger partial charge on any atom is 0.193 e. The number of anilines is 1. The number of piperidine rings is 1. The van der Waals surface area contributed by atoms with Crippen molar-refractivity contribution in [1.29, 1.82) is 0 Å². The molecule has 0 amide bonds. The van der Waals surface area contributed by atoms with Gasteiger partial charge < -0.3 is 19.9 Å². The van der Waals surface area contributed by atoms with Crippen LogP contribution in [0.1, 0.15) is 18.4 Å². The first kappa shape index (κ1) is 19.4. The van der Waals surface area contributed by atoms with Crippen molar-refractivity contribution in [3.63, 3.8) is 0 Å². The topological polar surface area (TPSA) is 40.1 Å². The van der Waals surface area contributed by atoms with Crippen LogP contribution in [0.2, 0.25) is 0 Å². The number of rotatable bonds is 5. The molecule has 2 aromatic carbocycles. The first-order chi connectivity index (χ1) is 14.3. The van der Waals surface area contributed by atoms with Gasteiger partial charge in [0.25, 0.3) is 0 Å². The molecule has 152 valence electrons. The third-order valence-electron chi connectivity index (χ3n) is 5.57. The Bertz CT molecular complexity index is 816. The summed E-state index contributed by atoms with van der Waals surface area (Å²) in [5.74, 6) is 1.93. The molecule has 5 nitrogen and oxygen atoms in total. The van der Waals surface area contributed by atoms with Crippen molar-refractivity contribution < 1.29 is 4.74 Å². The summed E-state index contributed by atoms with van der Waals surface area (Å²) in [4.78, 5) is 9.18. The van der Waals surface area contributed by atoms with E-state index in [2.05, 4.69) is 56.5 Å². The van der Waals surface area contributed by atoms with Crippen LogP contribution in [0.5, 0.6) is 5.75 Å². The van der Waals surface area contributed by atoms with Crippen LogP contribution >= 0.6 is 0 Å². The molecule has 5 heteroatoms. The fourth-order valence-electron chi connectivity index (χ4n) is 3.90. The molecule has 2 heterocycles. The van der Waals surface area contributed by atoms with Crippen LogP contribution in [0, 0.1) is 0 Å². The molecule has 0 aliphatic carbocycles. The predicted molar refractivity (Wildman–Crippen MR) is 120 cm³/mol. The Labute approximate surface area is 173 Å². The number of para-hydroxylation sites is 1. The van der Waals surface area contributed by atoms with Crippen molar-refractivity contribution >= 4 is 11.6 Å². The second kappa shape index (κ2) is 9.50. The number of nitrogens with zero attached hydrogens (tertiary/aromatic N) is 3. The fraction of sp³-hybridized carbons (Fsp3) is 0.375. The van der Waals surface area contributed by atoms with Gasteiger partial charge in [-0.25, -0.2) is 0 Å². The molecule has 0 spiro atoms. The van der Waals surface area contributed by atoms with Gasteiger partial charge >= 0.3 is 0 Å². The van der Waals surface area contributed by atoms with Gasteiger partial charge in [0.15, 0.2) is 5.96 Å². The molecule has 0 saturated carbocycles. The minimum absolute atomic E-state index is 0.277. The van der Waals surface area contributed by atoms with Gasteiger partial charge in [-0.05, 0) is 29.8 Å². The zero-order valence-corrected chi connectivity index (χ0v) is 17.1. The average molecular weight is 391 g/mol. The quantitative estimate of drug-likeness (QED) is 0.480. The maximum absolute atomic E-state index is 6.10. The number of hydrogen-bond donors (Lipinski definition) is 1.